The first-order valence-corrected chi connectivity index (χ1v) is 6.20. The fourth-order valence-corrected chi connectivity index (χ4v) is 2.86. The molecule has 2 aliphatic rings. The maximum Gasteiger partial charge on any atom is 0.225 e. The Labute approximate surface area is 92.0 Å². The molecule has 2 atom stereocenters. The number of hydrogen-bond acceptors (Lipinski definition) is 2. The minimum absolute atomic E-state index is 0.223. The summed E-state index contributed by atoms with van der Waals surface area (Å²) >= 11 is 0. The van der Waals surface area contributed by atoms with Gasteiger partial charge in [-0.25, -0.2) is 0 Å². The molecule has 86 valence electrons. The highest BCUT2D eigenvalue weighted by molar-refractivity contribution is 5.79. The second-order valence-corrected chi connectivity index (χ2v) is 5.07. The Morgan fingerprint density at radius 2 is 1.93 bits per heavy atom. The highest BCUT2D eigenvalue weighted by Gasteiger charge is 2.36. The topological polar surface area (TPSA) is 46.3 Å². The van der Waals surface area contributed by atoms with Crippen LogP contribution < -0.4 is 5.73 Å². The monoisotopic (exact) mass is 210 g/mol. The van der Waals surface area contributed by atoms with Crippen LogP contribution in [0.1, 0.15) is 38.5 Å². The molecule has 3 nitrogen and oxygen atoms in total. The second kappa shape index (κ2) is 4.52. The van der Waals surface area contributed by atoms with Gasteiger partial charge in [0.1, 0.15) is 0 Å². The van der Waals surface area contributed by atoms with Crippen molar-refractivity contribution in [3.8, 4) is 0 Å². The molecule has 15 heavy (non-hydrogen) atoms. The Balaban J connectivity index is 1.93. The molecule has 3 heteroatoms. The zero-order valence-electron chi connectivity index (χ0n) is 9.61. The average Bonchev–Trinajstić information content (AvgIpc) is 2.61. The molecule has 2 N–H and O–H groups in total. The lowest BCUT2D eigenvalue weighted by atomic mass is 9.89. The van der Waals surface area contributed by atoms with Crippen molar-refractivity contribution in [2.45, 2.75) is 44.6 Å². The van der Waals surface area contributed by atoms with Crippen molar-refractivity contribution in [3.63, 3.8) is 0 Å². The third kappa shape index (κ3) is 2.03. The Hall–Kier alpha value is -0.570. The third-order valence-electron chi connectivity index (χ3n) is 4.25. The molecular formula is C12H22N2O. The first-order valence-electron chi connectivity index (χ1n) is 6.20. The molecule has 2 rings (SSSR count). The van der Waals surface area contributed by atoms with Crippen molar-refractivity contribution in [1.82, 2.24) is 4.90 Å². The van der Waals surface area contributed by atoms with Gasteiger partial charge in [-0.2, -0.15) is 0 Å². The first-order chi connectivity index (χ1) is 7.24. The molecule has 0 radical (unpaired) electrons. The summed E-state index contributed by atoms with van der Waals surface area (Å²) in [5, 5.41) is 0. The summed E-state index contributed by atoms with van der Waals surface area (Å²) in [7, 11) is 1.97. The van der Waals surface area contributed by atoms with Gasteiger partial charge < -0.3 is 10.6 Å². The predicted octanol–water partition coefficient (Wildman–Crippen LogP) is 1.37. The van der Waals surface area contributed by atoms with Crippen LogP contribution in [0, 0.1) is 11.8 Å². The van der Waals surface area contributed by atoms with Crippen molar-refractivity contribution in [1.29, 1.82) is 0 Å². The summed E-state index contributed by atoms with van der Waals surface area (Å²) in [6, 6.07) is 0.525. The Bertz CT molecular complexity index is 238. The molecule has 2 fully saturated rings. The molecule has 0 bridgehead atoms. The van der Waals surface area contributed by atoms with E-state index in [1.165, 1.54) is 25.7 Å². The minimum Gasteiger partial charge on any atom is -0.343 e. The van der Waals surface area contributed by atoms with E-state index in [2.05, 4.69) is 0 Å². The number of nitrogens with zero attached hydrogens (tertiary/aromatic N) is 1. The molecule has 0 aliphatic heterocycles. The van der Waals surface area contributed by atoms with Crippen LogP contribution in [0.25, 0.3) is 0 Å². The molecule has 0 heterocycles. The van der Waals surface area contributed by atoms with Gasteiger partial charge in [0.25, 0.3) is 0 Å². The van der Waals surface area contributed by atoms with E-state index in [9.17, 15) is 4.79 Å². The van der Waals surface area contributed by atoms with Gasteiger partial charge in [0.15, 0.2) is 0 Å². The quantitative estimate of drug-likeness (QED) is 0.764. The number of amides is 1. The summed E-state index contributed by atoms with van der Waals surface area (Å²) in [4.78, 5) is 14.2. The zero-order valence-corrected chi connectivity index (χ0v) is 9.61. The summed E-state index contributed by atoms with van der Waals surface area (Å²) in [5.41, 5.74) is 5.71. The lowest BCUT2D eigenvalue weighted by Crippen LogP contribution is -2.45. The zero-order chi connectivity index (χ0) is 10.8. The third-order valence-corrected chi connectivity index (χ3v) is 4.25. The Morgan fingerprint density at radius 1 is 1.27 bits per heavy atom. The molecule has 1 amide bonds. The van der Waals surface area contributed by atoms with E-state index in [4.69, 9.17) is 5.73 Å². The van der Waals surface area contributed by atoms with Crippen LogP contribution in [0.2, 0.25) is 0 Å². The van der Waals surface area contributed by atoms with E-state index >= 15 is 0 Å². The molecule has 0 aromatic carbocycles. The van der Waals surface area contributed by atoms with Gasteiger partial charge in [0.05, 0.1) is 0 Å². The van der Waals surface area contributed by atoms with Crippen molar-refractivity contribution >= 4 is 5.91 Å². The molecule has 0 aromatic rings. The highest BCUT2D eigenvalue weighted by atomic mass is 16.2. The molecule has 2 saturated carbocycles. The standard InChI is InChI=1S/C12H22N2O/c1-14(10-5-3-6-10)12(15)11-7-2-4-9(11)8-13/h9-11H,2-8,13H2,1H3/t9-,11-/m1/s1. The molecule has 0 aromatic heterocycles. The van der Waals surface area contributed by atoms with E-state index < -0.39 is 0 Å². The van der Waals surface area contributed by atoms with Crippen LogP contribution in [0.3, 0.4) is 0 Å². The lowest BCUT2D eigenvalue weighted by Gasteiger charge is -2.37. The van der Waals surface area contributed by atoms with Crippen LogP contribution in [-0.2, 0) is 4.79 Å². The maximum absolute atomic E-state index is 12.2. The smallest absolute Gasteiger partial charge is 0.225 e. The molecular weight excluding hydrogens is 188 g/mol. The Kier molecular flexibility index (Phi) is 3.29. The van der Waals surface area contributed by atoms with Gasteiger partial charge in [-0.05, 0) is 44.6 Å². The van der Waals surface area contributed by atoms with Gasteiger partial charge in [0.2, 0.25) is 5.91 Å². The van der Waals surface area contributed by atoms with Gasteiger partial charge in [-0.3, -0.25) is 4.79 Å². The fourth-order valence-electron chi connectivity index (χ4n) is 2.86. The van der Waals surface area contributed by atoms with Crippen molar-refractivity contribution < 1.29 is 4.79 Å². The largest absolute Gasteiger partial charge is 0.343 e. The summed E-state index contributed by atoms with van der Waals surface area (Å²) in [6.07, 6.45) is 7.05. The van der Waals surface area contributed by atoms with E-state index in [0.29, 0.717) is 24.4 Å². The molecule has 2 aliphatic carbocycles. The fraction of sp³-hybridized carbons (Fsp3) is 0.917. The second-order valence-electron chi connectivity index (χ2n) is 5.07. The number of rotatable bonds is 3. The van der Waals surface area contributed by atoms with Gasteiger partial charge in [-0.1, -0.05) is 6.42 Å². The molecule has 0 spiro atoms. The van der Waals surface area contributed by atoms with E-state index in [-0.39, 0.29) is 5.92 Å². The summed E-state index contributed by atoms with van der Waals surface area (Å²) in [6.45, 7) is 0.676. The lowest BCUT2D eigenvalue weighted by molar-refractivity contribution is -0.138. The number of carbonyl (C=O) groups is 1. The van der Waals surface area contributed by atoms with Crippen LogP contribution in [0.15, 0.2) is 0 Å². The first kappa shape index (κ1) is 10.9. The van der Waals surface area contributed by atoms with Crippen LogP contribution >= 0.6 is 0 Å². The van der Waals surface area contributed by atoms with Crippen molar-refractivity contribution in [2.75, 3.05) is 13.6 Å². The van der Waals surface area contributed by atoms with Gasteiger partial charge in [0, 0.05) is 19.0 Å². The molecule has 0 saturated heterocycles. The molecule has 0 unspecified atom stereocenters. The number of carbonyl (C=O) groups excluding carboxylic acids is 1. The normalized spacial score (nSPS) is 31.3. The van der Waals surface area contributed by atoms with Crippen molar-refractivity contribution in [3.05, 3.63) is 0 Å². The SMILES string of the molecule is CN(C(=O)[C@@H]1CCC[C@@H]1CN)C1CCC1. The summed E-state index contributed by atoms with van der Waals surface area (Å²) < 4.78 is 0. The maximum atomic E-state index is 12.2. The number of nitrogens with two attached hydrogens (primary N) is 1. The van der Waals surface area contributed by atoms with E-state index in [1.807, 2.05) is 11.9 Å². The van der Waals surface area contributed by atoms with E-state index in [0.717, 1.165) is 12.8 Å². The average molecular weight is 210 g/mol. The number of hydrogen-bond donors (Lipinski definition) is 1. The predicted molar refractivity (Wildman–Crippen MR) is 60.3 cm³/mol. The van der Waals surface area contributed by atoms with Gasteiger partial charge in [-0.15, -0.1) is 0 Å². The van der Waals surface area contributed by atoms with E-state index in [1.54, 1.807) is 0 Å². The van der Waals surface area contributed by atoms with Crippen LogP contribution in [-0.4, -0.2) is 30.4 Å². The van der Waals surface area contributed by atoms with Crippen molar-refractivity contribution in [2.24, 2.45) is 17.6 Å². The van der Waals surface area contributed by atoms with Crippen LogP contribution in [0.5, 0.6) is 0 Å². The highest BCUT2D eigenvalue weighted by Crippen LogP contribution is 2.34. The minimum atomic E-state index is 0.223. The van der Waals surface area contributed by atoms with Gasteiger partial charge >= 0.3 is 0 Å². The Morgan fingerprint density at radius 3 is 2.47 bits per heavy atom. The van der Waals surface area contributed by atoms with Crippen LogP contribution in [0.4, 0.5) is 0 Å². The summed E-state index contributed by atoms with van der Waals surface area (Å²) in [5.74, 6) is 1.02.